The number of rotatable bonds is 5. The first kappa shape index (κ1) is 16.0. The summed E-state index contributed by atoms with van der Waals surface area (Å²) in [6, 6.07) is 7.60. The van der Waals surface area contributed by atoms with Crippen molar-refractivity contribution in [1.82, 2.24) is 9.88 Å². The molecule has 2 heterocycles. The SMILES string of the molecule is COc1ccc2cc(CN(C)CC3COCCO3)c(=O)[nH]c2c1. The molecule has 1 fully saturated rings. The zero-order chi connectivity index (χ0) is 16.2. The van der Waals surface area contributed by atoms with Crippen molar-refractivity contribution in [2.24, 2.45) is 0 Å². The van der Waals surface area contributed by atoms with Gasteiger partial charge in [-0.3, -0.25) is 9.69 Å². The zero-order valence-electron chi connectivity index (χ0n) is 13.5. The molecule has 1 aromatic carbocycles. The van der Waals surface area contributed by atoms with Crippen LogP contribution in [0.15, 0.2) is 29.1 Å². The lowest BCUT2D eigenvalue weighted by Gasteiger charge is -2.27. The van der Waals surface area contributed by atoms with E-state index in [1.807, 2.05) is 31.3 Å². The van der Waals surface area contributed by atoms with Crippen LogP contribution < -0.4 is 10.3 Å². The molecule has 6 heteroatoms. The molecule has 1 aromatic heterocycles. The predicted molar refractivity (Wildman–Crippen MR) is 88.0 cm³/mol. The number of benzene rings is 1. The lowest BCUT2D eigenvalue weighted by Crippen LogP contribution is -2.38. The van der Waals surface area contributed by atoms with E-state index in [0.717, 1.165) is 28.8 Å². The fourth-order valence-electron chi connectivity index (χ4n) is 2.81. The number of likely N-dealkylation sites (N-methyl/N-ethyl adjacent to an activating group) is 1. The highest BCUT2D eigenvalue weighted by Gasteiger charge is 2.17. The first-order valence-electron chi connectivity index (χ1n) is 7.73. The van der Waals surface area contributed by atoms with Crippen LogP contribution in [0, 0.1) is 0 Å². The average molecular weight is 318 g/mol. The van der Waals surface area contributed by atoms with Crippen LogP contribution in [0.4, 0.5) is 0 Å². The largest absolute Gasteiger partial charge is 0.497 e. The van der Waals surface area contributed by atoms with Gasteiger partial charge in [0.15, 0.2) is 0 Å². The topological polar surface area (TPSA) is 63.8 Å². The zero-order valence-corrected chi connectivity index (χ0v) is 13.5. The van der Waals surface area contributed by atoms with E-state index < -0.39 is 0 Å². The number of hydrogen-bond acceptors (Lipinski definition) is 5. The standard InChI is InChI=1S/C17H22N2O4/c1-19(10-15-11-22-5-6-23-15)9-13-7-12-3-4-14(21-2)8-16(12)18-17(13)20/h3-4,7-8,15H,5-6,9-11H2,1-2H3,(H,18,20). The Morgan fingerprint density at radius 3 is 2.96 bits per heavy atom. The number of hydrogen-bond donors (Lipinski definition) is 1. The lowest BCUT2D eigenvalue weighted by molar-refractivity contribution is -0.0963. The van der Waals surface area contributed by atoms with E-state index in [-0.39, 0.29) is 11.7 Å². The van der Waals surface area contributed by atoms with Crippen LogP contribution in [-0.4, -0.2) is 56.5 Å². The lowest BCUT2D eigenvalue weighted by atomic mass is 10.1. The van der Waals surface area contributed by atoms with E-state index in [0.29, 0.717) is 26.4 Å². The summed E-state index contributed by atoms with van der Waals surface area (Å²) in [5.41, 5.74) is 1.45. The molecule has 1 atom stereocenters. The van der Waals surface area contributed by atoms with Crippen LogP contribution in [0.25, 0.3) is 10.9 Å². The molecule has 0 saturated carbocycles. The number of aromatic amines is 1. The molecule has 0 bridgehead atoms. The Balaban J connectivity index is 1.74. The van der Waals surface area contributed by atoms with Crippen molar-refractivity contribution in [2.45, 2.75) is 12.6 Å². The number of H-pyrrole nitrogens is 1. The Morgan fingerprint density at radius 1 is 1.35 bits per heavy atom. The van der Waals surface area contributed by atoms with Gasteiger partial charge in [-0.15, -0.1) is 0 Å². The molecule has 0 radical (unpaired) electrons. The second-order valence-corrected chi connectivity index (χ2v) is 5.84. The summed E-state index contributed by atoms with van der Waals surface area (Å²) >= 11 is 0. The van der Waals surface area contributed by atoms with E-state index >= 15 is 0 Å². The molecule has 0 spiro atoms. The van der Waals surface area contributed by atoms with Gasteiger partial charge in [0.05, 0.1) is 38.6 Å². The van der Waals surface area contributed by atoms with Crippen molar-refractivity contribution in [2.75, 3.05) is 40.5 Å². The maximum absolute atomic E-state index is 12.3. The number of nitrogens with zero attached hydrogens (tertiary/aromatic N) is 1. The van der Waals surface area contributed by atoms with Gasteiger partial charge in [0, 0.05) is 24.7 Å². The van der Waals surface area contributed by atoms with E-state index in [1.165, 1.54) is 0 Å². The van der Waals surface area contributed by atoms with Crippen molar-refractivity contribution < 1.29 is 14.2 Å². The van der Waals surface area contributed by atoms with E-state index in [9.17, 15) is 4.79 Å². The van der Waals surface area contributed by atoms with Crippen LogP contribution in [0.5, 0.6) is 5.75 Å². The molecular weight excluding hydrogens is 296 g/mol. The van der Waals surface area contributed by atoms with Gasteiger partial charge in [-0.1, -0.05) is 0 Å². The summed E-state index contributed by atoms with van der Waals surface area (Å²) in [6.45, 7) is 3.21. The smallest absolute Gasteiger partial charge is 0.252 e. The third kappa shape index (κ3) is 3.90. The summed E-state index contributed by atoms with van der Waals surface area (Å²) in [5, 5.41) is 0.992. The van der Waals surface area contributed by atoms with Crippen molar-refractivity contribution in [3.63, 3.8) is 0 Å². The monoisotopic (exact) mass is 318 g/mol. The van der Waals surface area contributed by atoms with Crippen molar-refractivity contribution >= 4 is 10.9 Å². The molecule has 124 valence electrons. The maximum atomic E-state index is 12.3. The molecule has 1 aliphatic heterocycles. The second-order valence-electron chi connectivity index (χ2n) is 5.84. The summed E-state index contributed by atoms with van der Waals surface area (Å²) in [6.07, 6.45) is 0.0672. The number of methoxy groups -OCH3 is 1. The van der Waals surface area contributed by atoms with E-state index in [4.69, 9.17) is 14.2 Å². The average Bonchev–Trinajstić information content (AvgIpc) is 2.56. The van der Waals surface area contributed by atoms with Gasteiger partial charge < -0.3 is 19.2 Å². The van der Waals surface area contributed by atoms with Crippen molar-refractivity contribution in [3.05, 3.63) is 40.2 Å². The Hall–Kier alpha value is -1.89. The molecule has 1 unspecified atom stereocenters. The molecule has 1 saturated heterocycles. The van der Waals surface area contributed by atoms with Crippen LogP contribution in [0.3, 0.4) is 0 Å². The number of fused-ring (bicyclic) bond motifs is 1. The predicted octanol–water partition coefficient (Wildman–Crippen LogP) is 1.38. The van der Waals surface area contributed by atoms with E-state index in [1.54, 1.807) is 7.11 Å². The van der Waals surface area contributed by atoms with Gasteiger partial charge in [0.25, 0.3) is 5.56 Å². The minimum atomic E-state index is -0.0709. The number of nitrogens with one attached hydrogen (secondary N) is 1. The molecule has 0 amide bonds. The van der Waals surface area contributed by atoms with Crippen LogP contribution in [0.1, 0.15) is 5.56 Å². The number of ether oxygens (including phenoxy) is 3. The molecule has 1 N–H and O–H groups in total. The fraction of sp³-hybridized carbons (Fsp3) is 0.471. The highest BCUT2D eigenvalue weighted by Crippen LogP contribution is 2.18. The minimum absolute atomic E-state index is 0.0672. The van der Waals surface area contributed by atoms with Crippen LogP contribution in [-0.2, 0) is 16.0 Å². The van der Waals surface area contributed by atoms with Crippen molar-refractivity contribution in [3.8, 4) is 5.75 Å². The van der Waals surface area contributed by atoms with Gasteiger partial charge in [0.2, 0.25) is 0 Å². The van der Waals surface area contributed by atoms with Gasteiger partial charge in [-0.25, -0.2) is 0 Å². The first-order valence-corrected chi connectivity index (χ1v) is 7.73. The quantitative estimate of drug-likeness (QED) is 0.902. The Morgan fingerprint density at radius 2 is 2.22 bits per heavy atom. The normalized spacial score (nSPS) is 18.5. The first-order chi connectivity index (χ1) is 11.2. The maximum Gasteiger partial charge on any atom is 0.252 e. The highest BCUT2D eigenvalue weighted by atomic mass is 16.6. The number of aromatic nitrogens is 1. The van der Waals surface area contributed by atoms with Gasteiger partial charge in [-0.05, 0) is 30.6 Å². The third-order valence-corrected chi connectivity index (χ3v) is 3.97. The molecule has 6 nitrogen and oxygen atoms in total. The summed E-state index contributed by atoms with van der Waals surface area (Å²) in [5.74, 6) is 0.729. The second kappa shape index (κ2) is 7.12. The summed E-state index contributed by atoms with van der Waals surface area (Å²) in [4.78, 5) is 17.3. The van der Waals surface area contributed by atoms with Crippen LogP contribution >= 0.6 is 0 Å². The minimum Gasteiger partial charge on any atom is -0.497 e. The van der Waals surface area contributed by atoms with E-state index in [2.05, 4.69) is 9.88 Å². The molecular formula is C17H22N2O4. The Kier molecular flexibility index (Phi) is 4.95. The van der Waals surface area contributed by atoms with Gasteiger partial charge in [0.1, 0.15) is 5.75 Å². The van der Waals surface area contributed by atoms with Gasteiger partial charge in [-0.2, -0.15) is 0 Å². The third-order valence-electron chi connectivity index (χ3n) is 3.97. The molecule has 1 aliphatic rings. The Labute approximate surface area is 135 Å². The summed E-state index contributed by atoms with van der Waals surface area (Å²) < 4.78 is 16.2. The van der Waals surface area contributed by atoms with Gasteiger partial charge >= 0.3 is 0 Å². The fourth-order valence-corrected chi connectivity index (χ4v) is 2.81. The Bertz CT molecular complexity index is 722. The van der Waals surface area contributed by atoms with Crippen LogP contribution in [0.2, 0.25) is 0 Å². The molecule has 23 heavy (non-hydrogen) atoms. The van der Waals surface area contributed by atoms with Crippen molar-refractivity contribution in [1.29, 1.82) is 0 Å². The molecule has 2 aromatic rings. The molecule has 0 aliphatic carbocycles. The highest BCUT2D eigenvalue weighted by molar-refractivity contribution is 5.80. The summed E-state index contributed by atoms with van der Waals surface area (Å²) in [7, 11) is 3.59. The number of pyridine rings is 1. The molecule has 3 rings (SSSR count).